The predicted molar refractivity (Wildman–Crippen MR) is 135 cm³/mol. The summed E-state index contributed by atoms with van der Waals surface area (Å²) in [7, 11) is 0. The van der Waals surface area contributed by atoms with Crippen molar-refractivity contribution in [1.29, 1.82) is 0 Å². The normalized spacial score (nSPS) is 21.4. The Bertz CT molecular complexity index is 1570. The van der Waals surface area contributed by atoms with Gasteiger partial charge in [-0.25, -0.2) is 0 Å². The first-order valence-electron chi connectivity index (χ1n) is 11.8. The monoisotopic (exact) mass is 590 g/mol. The smallest absolute Gasteiger partial charge is 0.543 e. The summed E-state index contributed by atoms with van der Waals surface area (Å²) < 4.78 is 3.79. The Morgan fingerprint density at radius 1 is 1.29 bits per heavy atom. The van der Waals surface area contributed by atoms with Gasteiger partial charge in [0.15, 0.2) is 5.13 Å². The van der Waals surface area contributed by atoms with Crippen molar-refractivity contribution < 1.29 is 64.0 Å². The fourth-order valence-corrected chi connectivity index (χ4v) is 5.37. The van der Waals surface area contributed by atoms with Gasteiger partial charge in [0.05, 0.1) is 28.3 Å². The standard InChI is InChI=1S/C23H20N8O8S.Na/c24-23-26-18(28-40-23)16(27-37)19(32)25-15-14-5-4-10(17(22(35)36)30(14)21(15)34)8-11-6-7-29(20(11)33)12-2-1-3-13(9-12)31(38)39;/h1-3,8-9,14-15,37H,4-7H2,(H,25,32)(H,35,36)(H2,24,26,28);/q;+1/p-1/b11-8+,27-16-;/t14-,15+;/m0./s1. The maximum Gasteiger partial charge on any atom is 1.00 e. The molecule has 18 heteroatoms. The summed E-state index contributed by atoms with van der Waals surface area (Å²) in [6, 6.07) is 3.77. The van der Waals surface area contributed by atoms with Crippen molar-refractivity contribution in [2.75, 3.05) is 17.2 Å². The van der Waals surface area contributed by atoms with Crippen molar-refractivity contribution in [2.45, 2.75) is 31.3 Å². The molecule has 2 atom stereocenters. The minimum absolute atomic E-state index is 0. The van der Waals surface area contributed by atoms with Crippen LogP contribution in [-0.2, 0) is 19.2 Å². The number of β-lactam (4-membered cyclic amide) rings is 1. The Hall–Kier alpha value is -4.19. The quantitative estimate of drug-likeness (QED) is 0.0535. The van der Waals surface area contributed by atoms with Crippen molar-refractivity contribution in [1.82, 2.24) is 19.6 Å². The van der Waals surface area contributed by atoms with Crippen molar-refractivity contribution in [2.24, 2.45) is 5.16 Å². The number of aliphatic carboxylic acids is 1. The molecule has 16 nitrogen and oxygen atoms in total. The number of carbonyl (C=O) groups excluding carboxylic acids is 4. The van der Waals surface area contributed by atoms with E-state index in [2.05, 4.69) is 19.8 Å². The fraction of sp³-hybridized carbons (Fsp3) is 0.261. The minimum atomic E-state index is -1.63. The van der Waals surface area contributed by atoms with E-state index < -0.39 is 52.1 Å². The maximum atomic E-state index is 13.1. The summed E-state index contributed by atoms with van der Waals surface area (Å²) in [6.45, 7) is 0.230. The van der Waals surface area contributed by atoms with Crippen LogP contribution in [0.4, 0.5) is 16.5 Å². The third kappa shape index (κ3) is 5.43. The van der Waals surface area contributed by atoms with Crippen LogP contribution in [0, 0.1) is 10.1 Å². The van der Waals surface area contributed by atoms with Crippen molar-refractivity contribution in [3.8, 4) is 0 Å². The molecule has 41 heavy (non-hydrogen) atoms. The Morgan fingerprint density at radius 3 is 2.68 bits per heavy atom. The van der Waals surface area contributed by atoms with E-state index in [-0.39, 0.29) is 83.2 Å². The molecule has 0 bridgehead atoms. The van der Waals surface area contributed by atoms with Crippen LogP contribution in [0.1, 0.15) is 25.1 Å². The zero-order valence-corrected chi connectivity index (χ0v) is 24.2. The number of carboxylic acids is 1. The molecular weight excluding hydrogens is 571 g/mol. The summed E-state index contributed by atoms with van der Waals surface area (Å²) in [5.74, 6) is -4.00. The number of hydrogen-bond acceptors (Lipinski definition) is 13. The molecule has 3 aliphatic heterocycles. The maximum absolute atomic E-state index is 13.1. The predicted octanol–water partition coefficient (Wildman–Crippen LogP) is -3.93. The van der Waals surface area contributed by atoms with Gasteiger partial charge in [0.25, 0.3) is 23.4 Å². The van der Waals surface area contributed by atoms with Crippen LogP contribution in [0.3, 0.4) is 0 Å². The van der Waals surface area contributed by atoms with Gasteiger partial charge >= 0.3 is 29.6 Å². The number of amides is 3. The molecule has 1 aromatic carbocycles. The first-order chi connectivity index (χ1) is 19.1. The number of carboxylic acid groups (broad SMARTS) is 1. The first kappa shape index (κ1) is 29.8. The number of carbonyl (C=O) groups is 4. The minimum Gasteiger partial charge on any atom is -0.543 e. The van der Waals surface area contributed by atoms with Crippen LogP contribution in [-0.4, -0.2) is 72.4 Å². The number of nitrogen functional groups attached to an aromatic ring is 1. The summed E-state index contributed by atoms with van der Waals surface area (Å²) in [6.07, 6.45) is 2.07. The van der Waals surface area contributed by atoms with Crippen molar-refractivity contribution >= 4 is 57.4 Å². The number of aromatic nitrogens is 2. The van der Waals surface area contributed by atoms with Gasteiger partial charge in [-0.05, 0) is 37.0 Å². The second kappa shape index (κ2) is 11.7. The number of nitrogens with one attached hydrogen (secondary N) is 1. The Labute approximate surface area is 256 Å². The first-order valence-corrected chi connectivity index (χ1v) is 12.5. The fourth-order valence-electron chi connectivity index (χ4n) is 4.93. The van der Waals surface area contributed by atoms with E-state index in [9.17, 15) is 39.6 Å². The van der Waals surface area contributed by atoms with Gasteiger partial charge in [-0.1, -0.05) is 11.2 Å². The number of nitrogens with two attached hydrogens (primary N) is 1. The Balaban J connectivity index is 0.00000387. The molecule has 0 saturated carbocycles. The summed E-state index contributed by atoms with van der Waals surface area (Å²) >= 11 is 0.772. The zero-order valence-electron chi connectivity index (χ0n) is 21.3. The molecule has 1 aromatic heterocycles. The Morgan fingerprint density at radius 2 is 2.05 bits per heavy atom. The SMILES string of the molecule is Nc1nc(/C(=N/O)C(=O)N[C@H]2C(=O)N3C(C(=O)[O-])=C(/C=C4\CCN(c5cccc([N+](=O)[O-])c5)C4=O)CC[C@@H]23)ns1.[Na+]. The third-order valence-corrected chi connectivity index (χ3v) is 7.29. The molecule has 4 heterocycles. The van der Waals surface area contributed by atoms with Gasteiger partial charge < -0.3 is 36.0 Å². The van der Waals surface area contributed by atoms with Gasteiger partial charge in [-0.15, -0.1) is 0 Å². The number of hydrogen-bond donors (Lipinski definition) is 3. The molecule has 2 aromatic rings. The van der Waals surface area contributed by atoms with Gasteiger partial charge in [0.1, 0.15) is 6.04 Å². The van der Waals surface area contributed by atoms with E-state index in [4.69, 9.17) is 5.73 Å². The average molecular weight is 591 g/mol. The molecule has 3 aliphatic rings. The van der Waals surface area contributed by atoms with Crippen LogP contribution in [0.2, 0.25) is 0 Å². The second-order valence-electron chi connectivity index (χ2n) is 8.98. The number of rotatable bonds is 7. The number of nitrogens with zero attached hydrogens (tertiary/aromatic N) is 6. The van der Waals surface area contributed by atoms with Crippen LogP contribution in [0.25, 0.3) is 0 Å². The number of oxime groups is 1. The number of fused-ring (bicyclic) bond motifs is 1. The zero-order chi connectivity index (χ0) is 28.7. The molecule has 0 aliphatic carbocycles. The topological polar surface area (TPSA) is 237 Å². The third-order valence-electron chi connectivity index (χ3n) is 6.75. The molecule has 4 N–H and O–H groups in total. The van der Waals surface area contributed by atoms with Gasteiger partial charge in [0.2, 0.25) is 11.5 Å². The summed E-state index contributed by atoms with van der Waals surface area (Å²) in [4.78, 5) is 67.4. The molecule has 2 fully saturated rings. The van der Waals surface area contributed by atoms with E-state index in [1.807, 2.05) is 0 Å². The number of anilines is 2. The molecule has 0 spiro atoms. The summed E-state index contributed by atoms with van der Waals surface area (Å²) in [5.41, 5.74) is 5.15. The molecule has 0 unspecified atom stereocenters. The van der Waals surface area contributed by atoms with Crippen LogP contribution >= 0.6 is 11.5 Å². The van der Waals surface area contributed by atoms with E-state index in [1.165, 1.54) is 29.2 Å². The van der Waals surface area contributed by atoms with E-state index >= 15 is 0 Å². The van der Waals surface area contributed by atoms with Crippen LogP contribution < -0.4 is 50.6 Å². The number of allylic oxidation sites excluding steroid dienone is 2. The molecule has 5 rings (SSSR count). The van der Waals surface area contributed by atoms with Crippen LogP contribution in [0.5, 0.6) is 0 Å². The van der Waals surface area contributed by atoms with E-state index in [1.54, 1.807) is 6.07 Å². The average Bonchev–Trinajstić information content (AvgIpc) is 3.52. The molecule has 0 radical (unpaired) electrons. The second-order valence-corrected chi connectivity index (χ2v) is 9.77. The Kier molecular flexibility index (Phi) is 8.52. The van der Waals surface area contributed by atoms with E-state index in [0.717, 1.165) is 16.4 Å². The molecule has 2 saturated heterocycles. The number of non-ortho nitro benzene ring substituents is 1. The number of nitro benzene ring substituents is 1. The van der Waals surface area contributed by atoms with Crippen molar-refractivity contribution in [3.05, 3.63) is 63.1 Å². The largest absolute Gasteiger partial charge is 1.00 e. The molecular formula is C23H19N8NaO8S. The van der Waals surface area contributed by atoms with E-state index in [0.29, 0.717) is 5.69 Å². The van der Waals surface area contributed by atoms with Gasteiger partial charge in [-0.2, -0.15) is 9.36 Å². The van der Waals surface area contributed by atoms with Gasteiger partial charge in [-0.3, -0.25) is 24.5 Å². The van der Waals surface area contributed by atoms with Gasteiger partial charge in [0, 0.05) is 35.8 Å². The molecule has 3 amide bonds. The summed E-state index contributed by atoms with van der Waals surface area (Å²) in [5, 5.41) is 37.8. The number of nitro groups is 1. The molecule has 206 valence electrons. The number of benzene rings is 1. The van der Waals surface area contributed by atoms with Crippen LogP contribution in [0.15, 0.2) is 52.3 Å². The van der Waals surface area contributed by atoms with Crippen molar-refractivity contribution in [3.63, 3.8) is 0 Å².